The first-order valence-corrected chi connectivity index (χ1v) is 6.04. The van der Waals surface area contributed by atoms with Gasteiger partial charge in [0, 0.05) is 24.1 Å². The topological polar surface area (TPSA) is 66.6 Å². The molecule has 102 valence electrons. The Morgan fingerprint density at radius 2 is 2.00 bits per heavy atom. The van der Waals surface area contributed by atoms with Crippen LogP contribution in [0.3, 0.4) is 0 Å². The van der Waals surface area contributed by atoms with Crippen molar-refractivity contribution < 1.29 is 14.2 Å². The Morgan fingerprint density at radius 1 is 1.16 bits per heavy atom. The van der Waals surface area contributed by atoms with Crippen molar-refractivity contribution in [1.82, 2.24) is 4.98 Å². The van der Waals surface area contributed by atoms with Gasteiger partial charge in [-0.05, 0) is 18.2 Å². The van der Waals surface area contributed by atoms with Crippen molar-refractivity contribution in [3.05, 3.63) is 29.8 Å². The number of pyridine rings is 1. The van der Waals surface area contributed by atoms with Crippen molar-refractivity contribution in [2.45, 2.75) is 6.61 Å². The van der Waals surface area contributed by atoms with E-state index in [1.165, 1.54) is 0 Å². The minimum absolute atomic E-state index is 0.435. The van der Waals surface area contributed by atoms with E-state index in [0.29, 0.717) is 25.6 Å². The summed E-state index contributed by atoms with van der Waals surface area (Å²) in [4.78, 5) is 4.37. The van der Waals surface area contributed by atoms with Gasteiger partial charge in [-0.25, -0.2) is 4.98 Å². The molecule has 0 aliphatic heterocycles. The van der Waals surface area contributed by atoms with Crippen molar-refractivity contribution in [1.29, 1.82) is 0 Å². The van der Waals surface area contributed by atoms with E-state index < -0.39 is 0 Å². The maximum absolute atomic E-state index is 5.93. The molecule has 5 nitrogen and oxygen atoms in total. The number of nitrogen functional groups attached to an aromatic ring is 1. The summed E-state index contributed by atoms with van der Waals surface area (Å²) < 4.78 is 15.5. The molecule has 0 amide bonds. The molecule has 0 saturated carbocycles. The summed E-state index contributed by atoms with van der Waals surface area (Å²) in [5.74, 6) is 1.25. The fourth-order valence-electron chi connectivity index (χ4n) is 1.77. The molecule has 2 aromatic rings. The van der Waals surface area contributed by atoms with Crippen LogP contribution in [0.1, 0.15) is 5.56 Å². The van der Waals surface area contributed by atoms with Gasteiger partial charge in [0.15, 0.2) is 0 Å². The molecule has 0 atom stereocenters. The summed E-state index contributed by atoms with van der Waals surface area (Å²) in [7, 11) is 3.27. The first-order valence-electron chi connectivity index (χ1n) is 6.04. The van der Waals surface area contributed by atoms with Crippen molar-refractivity contribution >= 4 is 16.7 Å². The SMILES string of the molecule is COCCOCc1cc2ccc(OC)cc2nc1N. The first-order chi connectivity index (χ1) is 9.24. The fraction of sp³-hybridized carbons (Fsp3) is 0.357. The third-order valence-electron chi connectivity index (χ3n) is 2.83. The van der Waals surface area contributed by atoms with Gasteiger partial charge in [-0.15, -0.1) is 0 Å². The molecule has 19 heavy (non-hydrogen) atoms. The molecule has 2 N–H and O–H groups in total. The molecule has 1 heterocycles. The van der Waals surface area contributed by atoms with Gasteiger partial charge in [-0.3, -0.25) is 0 Å². The van der Waals surface area contributed by atoms with Gasteiger partial charge in [0.1, 0.15) is 11.6 Å². The number of rotatable bonds is 6. The third-order valence-corrected chi connectivity index (χ3v) is 2.83. The molecule has 5 heteroatoms. The van der Waals surface area contributed by atoms with E-state index in [2.05, 4.69) is 4.98 Å². The van der Waals surface area contributed by atoms with Gasteiger partial charge in [0.05, 0.1) is 32.4 Å². The highest BCUT2D eigenvalue weighted by Crippen LogP contribution is 2.23. The summed E-state index contributed by atoms with van der Waals surface area (Å²) in [5.41, 5.74) is 7.63. The Morgan fingerprint density at radius 3 is 2.74 bits per heavy atom. The summed E-state index contributed by atoms with van der Waals surface area (Å²) in [5, 5.41) is 1.01. The maximum Gasteiger partial charge on any atom is 0.129 e. The van der Waals surface area contributed by atoms with Crippen molar-refractivity contribution in [3.63, 3.8) is 0 Å². The number of hydrogen-bond acceptors (Lipinski definition) is 5. The number of methoxy groups -OCH3 is 2. The Kier molecular flexibility index (Phi) is 4.54. The summed E-state index contributed by atoms with van der Waals surface area (Å²) in [6.07, 6.45) is 0. The maximum atomic E-state index is 5.93. The highest BCUT2D eigenvalue weighted by molar-refractivity contribution is 5.82. The van der Waals surface area contributed by atoms with Crippen LogP contribution >= 0.6 is 0 Å². The number of ether oxygens (including phenoxy) is 3. The second-order valence-corrected chi connectivity index (χ2v) is 4.14. The lowest BCUT2D eigenvalue weighted by atomic mass is 10.1. The molecule has 2 rings (SSSR count). The minimum atomic E-state index is 0.435. The van der Waals surface area contributed by atoms with E-state index in [1.54, 1.807) is 14.2 Å². The molecule has 0 aliphatic rings. The first kappa shape index (κ1) is 13.6. The van der Waals surface area contributed by atoms with Gasteiger partial charge in [0.2, 0.25) is 0 Å². The standard InChI is InChI=1S/C14H18N2O3/c1-17-5-6-19-9-11-7-10-3-4-12(18-2)8-13(10)16-14(11)15/h3-4,7-8H,5-6,9H2,1-2H3,(H2,15,16). The molecule has 0 saturated heterocycles. The molecule has 0 radical (unpaired) electrons. The van der Waals surface area contributed by atoms with E-state index in [1.807, 2.05) is 24.3 Å². The van der Waals surface area contributed by atoms with E-state index in [4.69, 9.17) is 19.9 Å². The number of anilines is 1. The third kappa shape index (κ3) is 3.33. The van der Waals surface area contributed by atoms with Crippen LogP contribution in [-0.4, -0.2) is 32.4 Å². The van der Waals surface area contributed by atoms with E-state index in [9.17, 15) is 0 Å². The highest BCUT2D eigenvalue weighted by atomic mass is 16.5. The Bertz CT molecular complexity index is 558. The lowest BCUT2D eigenvalue weighted by Crippen LogP contribution is -2.05. The molecule has 0 aliphatic carbocycles. The van der Waals surface area contributed by atoms with Crippen LogP contribution in [-0.2, 0) is 16.1 Å². The van der Waals surface area contributed by atoms with E-state index in [-0.39, 0.29) is 0 Å². The second-order valence-electron chi connectivity index (χ2n) is 4.14. The van der Waals surface area contributed by atoms with Crippen LogP contribution in [0.2, 0.25) is 0 Å². The molecule has 1 aromatic heterocycles. The fourth-order valence-corrected chi connectivity index (χ4v) is 1.77. The van der Waals surface area contributed by atoms with Crippen LogP contribution in [0.15, 0.2) is 24.3 Å². The largest absolute Gasteiger partial charge is 0.497 e. The van der Waals surface area contributed by atoms with Crippen LogP contribution in [0.25, 0.3) is 10.9 Å². The van der Waals surface area contributed by atoms with Crippen LogP contribution in [0.5, 0.6) is 5.75 Å². The van der Waals surface area contributed by atoms with Crippen molar-refractivity contribution in [2.24, 2.45) is 0 Å². The highest BCUT2D eigenvalue weighted by Gasteiger charge is 2.05. The average Bonchev–Trinajstić information content (AvgIpc) is 2.43. The number of aromatic nitrogens is 1. The summed E-state index contributed by atoms with van der Waals surface area (Å²) in [6.45, 7) is 1.54. The number of hydrogen-bond donors (Lipinski definition) is 1. The molecule has 0 bridgehead atoms. The zero-order valence-corrected chi connectivity index (χ0v) is 11.2. The van der Waals surface area contributed by atoms with Gasteiger partial charge in [-0.1, -0.05) is 0 Å². The normalized spacial score (nSPS) is 10.8. The second kappa shape index (κ2) is 6.36. The van der Waals surface area contributed by atoms with E-state index >= 15 is 0 Å². The van der Waals surface area contributed by atoms with Gasteiger partial charge in [0.25, 0.3) is 0 Å². The molecule has 1 aromatic carbocycles. The lowest BCUT2D eigenvalue weighted by molar-refractivity contribution is 0.0618. The predicted octanol–water partition coefficient (Wildman–Crippen LogP) is 1.99. The quantitative estimate of drug-likeness (QED) is 0.806. The van der Waals surface area contributed by atoms with Crippen LogP contribution < -0.4 is 10.5 Å². The smallest absolute Gasteiger partial charge is 0.129 e. The molecule has 0 fully saturated rings. The van der Waals surface area contributed by atoms with Gasteiger partial charge < -0.3 is 19.9 Å². The van der Waals surface area contributed by atoms with Gasteiger partial charge in [-0.2, -0.15) is 0 Å². The number of benzene rings is 1. The number of nitrogens with two attached hydrogens (primary N) is 1. The van der Waals surface area contributed by atoms with Crippen molar-refractivity contribution in [3.8, 4) is 5.75 Å². The average molecular weight is 262 g/mol. The Labute approximate surface area is 112 Å². The van der Waals surface area contributed by atoms with Gasteiger partial charge >= 0.3 is 0 Å². The molecule has 0 spiro atoms. The number of nitrogens with zero attached hydrogens (tertiary/aromatic N) is 1. The minimum Gasteiger partial charge on any atom is -0.497 e. The van der Waals surface area contributed by atoms with E-state index in [0.717, 1.165) is 22.2 Å². The van der Waals surface area contributed by atoms with Crippen molar-refractivity contribution in [2.75, 3.05) is 33.2 Å². The molecular formula is C14H18N2O3. The monoisotopic (exact) mass is 262 g/mol. The lowest BCUT2D eigenvalue weighted by Gasteiger charge is -2.09. The molecular weight excluding hydrogens is 244 g/mol. The summed E-state index contributed by atoms with van der Waals surface area (Å²) in [6, 6.07) is 7.71. The Hall–Kier alpha value is -1.85. The van der Waals surface area contributed by atoms with Crippen LogP contribution in [0, 0.1) is 0 Å². The predicted molar refractivity (Wildman–Crippen MR) is 74.2 cm³/mol. The zero-order valence-electron chi connectivity index (χ0n) is 11.2. The zero-order chi connectivity index (χ0) is 13.7. The Balaban J connectivity index is 2.19. The molecule has 0 unspecified atom stereocenters. The number of fused-ring (bicyclic) bond motifs is 1. The van der Waals surface area contributed by atoms with Crippen LogP contribution in [0.4, 0.5) is 5.82 Å². The summed E-state index contributed by atoms with van der Waals surface area (Å²) >= 11 is 0.